The molecule has 1 unspecified atom stereocenters. The number of hydrogen-bond acceptors (Lipinski definition) is 4. The molecular weight excluding hydrogens is 304 g/mol. The third-order valence-electron chi connectivity index (χ3n) is 3.52. The molecule has 21 heavy (non-hydrogen) atoms. The van der Waals surface area contributed by atoms with Gasteiger partial charge < -0.3 is 4.74 Å². The predicted octanol–water partition coefficient (Wildman–Crippen LogP) is 4.47. The molecule has 0 aliphatic rings. The van der Waals surface area contributed by atoms with E-state index in [1.807, 2.05) is 23.6 Å². The van der Waals surface area contributed by atoms with Gasteiger partial charge >= 0.3 is 0 Å². The lowest BCUT2D eigenvalue weighted by Crippen LogP contribution is -2.24. The molecule has 1 aromatic carbocycles. The van der Waals surface area contributed by atoms with Crippen molar-refractivity contribution in [3.8, 4) is 5.75 Å². The highest BCUT2D eigenvalue weighted by Gasteiger charge is 2.19. The van der Waals surface area contributed by atoms with Crippen molar-refractivity contribution in [3.05, 3.63) is 45.9 Å². The van der Waals surface area contributed by atoms with Gasteiger partial charge in [-0.2, -0.15) is 0 Å². The van der Waals surface area contributed by atoms with Crippen LogP contribution in [0, 0.1) is 0 Å². The van der Waals surface area contributed by atoms with Crippen molar-refractivity contribution >= 4 is 22.9 Å². The molecule has 0 aliphatic heterocycles. The molecule has 0 saturated heterocycles. The fourth-order valence-corrected chi connectivity index (χ4v) is 3.72. The second-order valence-electron chi connectivity index (χ2n) is 4.96. The summed E-state index contributed by atoms with van der Waals surface area (Å²) in [7, 11) is 3.84. The highest BCUT2D eigenvalue weighted by atomic mass is 35.5. The minimum absolute atomic E-state index is 0.303. The number of benzene rings is 1. The zero-order chi connectivity index (χ0) is 15.2. The number of ether oxygens (including phenoxy) is 1. The van der Waals surface area contributed by atoms with E-state index in [4.69, 9.17) is 16.3 Å². The lowest BCUT2D eigenvalue weighted by Gasteiger charge is -2.26. The number of rotatable bonds is 7. The number of alkyl halides is 1. The van der Waals surface area contributed by atoms with Crippen molar-refractivity contribution in [1.29, 1.82) is 0 Å². The van der Waals surface area contributed by atoms with E-state index in [1.54, 1.807) is 18.4 Å². The Morgan fingerprint density at radius 2 is 2.14 bits per heavy atom. The fraction of sp³-hybridized carbons (Fsp3) is 0.438. The van der Waals surface area contributed by atoms with E-state index in [0.717, 1.165) is 29.4 Å². The lowest BCUT2D eigenvalue weighted by molar-refractivity contribution is 0.226. The summed E-state index contributed by atoms with van der Waals surface area (Å²) >= 11 is 7.54. The number of nitrogens with zero attached hydrogens (tertiary/aromatic N) is 2. The van der Waals surface area contributed by atoms with E-state index in [1.165, 1.54) is 5.56 Å². The third-order valence-corrected chi connectivity index (χ3v) is 4.79. The first-order valence-corrected chi connectivity index (χ1v) is 8.43. The predicted molar refractivity (Wildman–Crippen MR) is 89.2 cm³/mol. The quantitative estimate of drug-likeness (QED) is 0.702. The topological polar surface area (TPSA) is 25.4 Å². The summed E-state index contributed by atoms with van der Waals surface area (Å²) in [6.07, 6.45) is 1.01. The summed E-state index contributed by atoms with van der Waals surface area (Å²) in [6.45, 7) is 3.02. The molecule has 2 aromatic rings. The summed E-state index contributed by atoms with van der Waals surface area (Å²) in [5, 5.41) is 3.17. The van der Waals surface area contributed by atoms with Crippen LogP contribution in [0.1, 0.15) is 35.7 Å². The Labute approximate surface area is 135 Å². The van der Waals surface area contributed by atoms with Crippen LogP contribution in [0.15, 0.2) is 29.6 Å². The van der Waals surface area contributed by atoms with Crippen molar-refractivity contribution in [3.63, 3.8) is 0 Å². The molecule has 0 amide bonds. The van der Waals surface area contributed by atoms with Crippen LogP contribution < -0.4 is 4.74 Å². The van der Waals surface area contributed by atoms with Gasteiger partial charge in [0, 0.05) is 17.5 Å². The van der Waals surface area contributed by atoms with Crippen molar-refractivity contribution < 1.29 is 4.74 Å². The van der Waals surface area contributed by atoms with Gasteiger partial charge in [-0.15, -0.1) is 22.9 Å². The van der Waals surface area contributed by atoms with Gasteiger partial charge in [-0.05, 0) is 19.5 Å². The second-order valence-corrected chi connectivity index (χ2v) is 6.12. The number of hydrogen-bond donors (Lipinski definition) is 0. The zero-order valence-electron chi connectivity index (χ0n) is 12.7. The molecule has 0 saturated carbocycles. The van der Waals surface area contributed by atoms with Gasteiger partial charge in [0.25, 0.3) is 0 Å². The first-order chi connectivity index (χ1) is 10.2. The van der Waals surface area contributed by atoms with Crippen LogP contribution in [0.2, 0.25) is 0 Å². The molecule has 0 N–H and O–H groups in total. The molecule has 2 rings (SSSR count). The Kier molecular flexibility index (Phi) is 6.03. The van der Waals surface area contributed by atoms with E-state index >= 15 is 0 Å². The van der Waals surface area contributed by atoms with Crippen molar-refractivity contribution in [2.45, 2.75) is 31.8 Å². The molecule has 0 spiro atoms. The Morgan fingerprint density at radius 1 is 1.38 bits per heavy atom. The van der Waals surface area contributed by atoms with Crippen LogP contribution >= 0.6 is 22.9 Å². The largest absolute Gasteiger partial charge is 0.496 e. The SMILES string of the molecule is CCC(c1nc(CCl)cs1)N(C)Cc1ccccc1OC. The summed E-state index contributed by atoms with van der Waals surface area (Å²) < 4.78 is 5.43. The number of methoxy groups -OCH3 is 1. The minimum atomic E-state index is 0.303. The second kappa shape index (κ2) is 7.78. The van der Waals surface area contributed by atoms with Gasteiger partial charge in [-0.25, -0.2) is 4.98 Å². The molecule has 0 radical (unpaired) electrons. The number of halogens is 1. The van der Waals surface area contributed by atoms with Crippen LogP contribution in [0.25, 0.3) is 0 Å². The summed E-state index contributed by atoms with van der Waals surface area (Å²) in [4.78, 5) is 6.93. The summed E-state index contributed by atoms with van der Waals surface area (Å²) in [5.41, 5.74) is 2.15. The van der Waals surface area contributed by atoms with Crippen LogP contribution in [0.5, 0.6) is 5.75 Å². The first kappa shape index (κ1) is 16.3. The van der Waals surface area contributed by atoms with Crippen molar-refractivity contribution in [1.82, 2.24) is 9.88 Å². The van der Waals surface area contributed by atoms with E-state index in [0.29, 0.717) is 11.9 Å². The molecular formula is C16H21ClN2OS. The lowest BCUT2D eigenvalue weighted by atomic mass is 10.1. The molecule has 0 aliphatic carbocycles. The monoisotopic (exact) mass is 324 g/mol. The molecule has 114 valence electrons. The van der Waals surface area contributed by atoms with Gasteiger partial charge in [0.1, 0.15) is 10.8 Å². The smallest absolute Gasteiger partial charge is 0.123 e. The van der Waals surface area contributed by atoms with Crippen LogP contribution in [-0.4, -0.2) is 24.0 Å². The molecule has 1 aromatic heterocycles. The maximum absolute atomic E-state index is 5.85. The van der Waals surface area contributed by atoms with Gasteiger partial charge in [0.05, 0.1) is 24.7 Å². The molecule has 5 heteroatoms. The first-order valence-electron chi connectivity index (χ1n) is 7.02. The van der Waals surface area contributed by atoms with E-state index in [-0.39, 0.29) is 0 Å². The Bertz CT molecular complexity index is 573. The Balaban J connectivity index is 2.14. The van der Waals surface area contributed by atoms with Gasteiger partial charge in [0.2, 0.25) is 0 Å². The average molecular weight is 325 g/mol. The fourth-order valence-electron chi connectivity index (χ4n) is 2.42. The Morgan fingerprint density at radius 3 is 2.76 bits per heavy atom. The molecule has 1 heterocycles. The highest BCUT2D eigenvalue weighted by Crippen LogP contribution is 2.29. The van der Waals surface area contributed by atoms with Crippen LogP contribution in [0.3, 0.4) is 0 Å². The van der Waals surface area contributed by atoms with E-state index in [2.05, 4.69) is 29.9 Å². The van der Waals surface area contributed by atoms with Crippen molar-refractivity contribution in [2.75, 3.05) is 14.2 Å². The summed E-state index contributed by atoms with van der Waals surface area (Å²) in [6, 6.07) is 8.44. The third kappa shape index (κ3) is 3.96. The van der Waals surface area contributed by atoms with Gasteiger partial charge in [-0.1, -0.05) is 25.1 Å². The minimum Gasteiger partial charge on any atom is -0.496 e. The van der Waals surface area contributed by atoms with Gasteiger partial charge in [0.15, 0.2) is 0 Å². The Hall–Kier alpha value is -1.10. The number of aromatic nitrogens is 1. The van der Waals surface area contributed by atoms with Crippen LogP contribution in [0.4, 0.5) is 0 Å². The standard InChI is InChI=1S/C16H21ClN2OS/c1-4-14(16-18-13(9-17)11-21-16)19(2)10-12-7-5-6-8-15(12)20-3/h5-8,11,14H,4,9-10H2,1-3H3. The average Bonchev–Trinajstić information content (AvgIpc) is 2.97. The maximum atomic E-state index is 5.85. The highest BCUT2D eigenvalue weighted by molar-refractivity contribution is 7.09. The van der Waals surface area contributed by atoms with E-state index < -0.39 is 0 Å². The molecule has 1 atom stereocenters. The summed E-state index contributed by atoms with van der Waals surface area (Å²) in [5.74, 6) is 1.41. The van der Waals surface area contributed by atoms with Crippen LogP contribution in [-0.2, 0) is 12.4 Å². The molecule has 0 fully saturated rings. The van der Waals surface area contributed by atoms with Gasteiger partial charge in [-0.3, -0.25) is 4.90 Å². The molecule has 3 nitrogen and oxygen atoms in total. The maximum Gasteiger partial charge on any atom is 0.123 e. The normalized spacial score (nSPS) is 12.6. The van der Waals surface area contributed by atoms with Crippen molar-refractivity contribution in [2.24, 2.45) is 0 Å². The number of thiazole rings is 1. The molecule has 0 bridgehead atoms. The van der Waals surface area contributed by atoms with E-state index in [9.17, 15) is 0 Å². The number of para-hydroxylation sites is 1. The zero-order valence-corrected chi connectivity index (χ0v) is 14.2.